The SMILES string of the molecule is CCOC(=O)c1ccc(Nc2ncnc(Nc3ccc(C)cn3)c2[N+](=O)[O-])cc1. The minimum absolute atomic E-state index is 0.00324. The molecule has 2 aromatic heterocycles. The number of ether oxygens (including phenoxy) is 1. The van der Waals surface area contributed by atoms with E-state index in [0.717, 1.165) is 5.56 Å². The number of aromatic nitrogens is 3. The first-order valence-electron chi connectivity index (χ1n) is 8.71. The molecule has 0 amide bonds. The zero-order valence-corrected chi connectivity index (χ0v) is 15.7. The molecule has 0 saturated carbocycles. The first-order chi connectivity index (χ1) is 14.0. The minimum Gasteiger partial charge on any atom is -0.462 e. The molecule has 10 heteroatoms. The van der Waals surface area contributed by atoms with Crippen molar-refractivity contribution >= 4 is 34.8 Å². The zero-order valence-electron chi connectivity index (χ0n) is 15.7. The molecule has 3 aromatic rings. The third-order valence-corrected chi connectivity index (χ3v) is 3.82. The Morgan fingerprint density at radius 2 is 1.76 bits per heavy atom. The lowest BCUT2D eigenvalue weighted by atomic mass is 10.2. The van der Waals surface area contributed by atoms with E-state index >= 15 is 0 Å². The van der Waals surface area contributed by atoms with Crippen molar-refractivity contribution in [2.24, 2.45) is 0 Å². The summed E-state index contributed by atoms with van der Waals surface area (Å²) >= 11 is 0. The number of benzene rings is 1. The Morgan fingerprint density at radius 1 is 1.07 bits per heavy atom. The van der Waals surface area contributed by atoms with E-state index in [-0.39, 0.29) is 23.9 Å². The fraction of sp³-hybridized carbons (Fsp3) is 0.158. The van der Waals surface area contributed by atoms with Crippen molar-refractivity contribution in [1.82, 2.24) is 15.0 Å². The molecule has 0 bridgehead atoms. The van der Waals surface area contributed by atoms with Gasteiger partial charge in [0.25, 0.3) is 0 Å². The highest BCUT2D eigenvalue weighted by Gasteiger charge is 2.23. The van der Waals surface area contributed by atoms with Crippen LogP contribution in [0.3, 0.4) is 0 Å². The number of nitro groups is 1. The van der Waals surface area contributed by atoms with E-state index in [0.29, 0.717) is 17.1 Å². The summed E-state index contributed by atoms with van der Waals surface area (Å²) in [7, 11) is 0. The predicted octanol–water partition coefficient (Wildman–Crippen LogP) is 3.75. The number of carbonyl (C=O) groups excluding carboxylic acids is 1. The highest BCUT2D eigenvalue weighted by molar-refractivity contribution is 5.90. The molecule has 2 heterocycles. The summed E-state index contributed by atoms with van der Waals surface area (Å²) in [4.78, 5) is 34.9. The molecule has 0 atom stereocenters. The van der Waals surface area contributed by atoms with E-state index < -0.39 is 10.9 Å². The van der Waals surface area contributed by atoms with E-state index in [1.54, 1.807) is 43.5 Å². The van der Waals surface area contributed by atoms with Gasteiger partial charge in [0.1, 0.15) is 12.1 Å². The molecule has 0 saturated heterocycles. The Kier molecular flexibility index (Phi) is 5.93. The molecule has 0 radical (unpaired) electrons. The molecule has 0 aliphatic heterocycles. The normalized spacial score (nSPS) is 10.3. The minimum atomic E-state index is -0.578. The summed E-state index contributed by atoms with van der Waals surface area (Å²) in [6, 6.07) is 9.85. The molecule has 0 unspecified atom stereocenters. The fourth-order valence-corrected chi connectivity index (χ4v) is 2.44. The van der Waals surface area contributed by atoms with Crippen molar-refractivity contribution < 1.29 is 14.5 Å². The predicted molar refractivity (Wildman–Crippen MR) is 107 cm³/mol. The molecule has 0 aliphatic carbocycles. The van der Waals surface area contributed by atoms with Crippen molar-refractivity contribution in [3.8, 4) is 0 Å². The van der Waals surface area contributed by atoms with Gasteiger partial charge in [-0.1, -0.05) is 6.07 Å². The number of pyridine rings is 1. The summed E-state index contributed by atoms with van der Waals surface area (Å²) in [6.45, 7) is 3.89. The van der Waals surface area contributed by atoms with Crippen molar-refractivity contribution in [3.63, 3.8) is 0 Å². The Bertz CT molecular complexity index is 1020. The van der Waals surface area contributed by atoms with Crippen molar-refractivity contribution in [2.75, 3.05) is 17.2 Å². The second-order valence-electron chi connectivity index (χ2n) is 5.95. The lowest BCUT2D eigenvalue weighted by Gasteiger charge is -2.10. The van der Waals surface area contributed by atoms with Crippen LogP contribution in [0.15, 0.2) is 48.9 Å². The summed E-state index contributed by atoms with van der Waals surface area (Å²) in [5.41, 5.74) is 1.52. The first kappa shape index (κ1) is 19.7. The molecule has 10 nitrogen and oxygen atoms in total. The maximum absolute atomic E-state index is 11.7. The average molecular weight is 394 g/mol. The molecule has 2 N–H and O–H groups in total. The number of hydrogen-bond acceptors (Lipinski definition) is 9. The van der Waals surface area contributed by atoms with Crippen LogP contribution in [-0.2, 0) is 4.74 Å². The molecular formula is C19H18N6O4. The van der Waals surface area contributed by atoms with Crippen LogP contribution in [0.4, 0.5) is 28.8 Å². The first-order valence-corrected chi connectivity index (χ1v) is 8.71. The Hall–Kier alpha value is -4.08. The van der Waals surface area contributed by atoms with Crippen LogP contribution in [0, 0.1) is 17.0 Å². The molecule has 148 valence electrons. The molecule has 0 aliphatic rings. The van der Waals surface area contributed by atoms with E-state index in [1.807, 2.05) is 13.0 Å². The Morgan fingerprint density at radius 3 is 2.34 bits per heavy atom. The molecule has 0 fully saturated rings. The highest BCUT2D eigenvalue weighted by Crippen LogP contribution is 2.32. The van der Waals surface area contributed by atoms with Gasteiger partial charge in [0, 0.05) is 11.9 Å². The smallest absolute Gasteiger partial charge is 0.353 e. The molecule has 3 rings (SSSR count). The van der Waals surface area contributed by atoms with Crippen LogP contribution in [0.25, 0.3) is 0 Å². The van der Waals surface area contributed by atoms with Crippen LogP contribution in [0.5, 0.6) is 0 Å². The number of rotatable bonds is 7. The van der Waals surface area contributed by atoms with Gasteiger partial charge in [-0.05, 0) is 49.7 Å². The molecule has 1 aromatic carbocycles. The van der Waals surface area contributed by atoms with Gasteiger partial charge in [-0.15, -0.1) is 0 Å². The van der Waals surface area contributed by atoms with Gasteiger partial charge >= 0.3 is 11.7 Å². The summed E-state index contributed by atoms with van der Waals surface area (Å²) in [5, 5.41) is 17.4. The van der Waals surface area contributed by atoms with Crippen LogP contribution in [-0.4, -0.2) is 32.5 Å². The summed E-state index contributed by atoms with van der Waals surface area (Å²) in [6.07, 6.45) is 2.85. The number of nitrogens with one attached hydrogen (secondary N) is 2. The third-order valence-electron chi connectivity index (χ3n) is 3.82. The van der Waals surface area contributed by atoms with Gasteiger partial charge in [-0.2, -0.15) is 0 Å². The fourth-order valence-electron chi connectivity index (χ4n) is 2.44. The Balaban J connectivity index is 1.86. The van der Waals surface area contributed by atoms with Gasteiger partial charge in [0.2, 0.25) is 11.6 Å². The quantitative estimate of drug-likeness (QED) is 0.349. The molecule has 29 heavy (non-hydrogen) atoms. The van der Waals surface area contributed by atoms with Gasteiger partial charge < -0.3 is 15.4 Å². The van der Waals surface area contributed by atoms with E-state index in [2.05, 4.69) is 25.6 Å². The number of esters is 1. The highest BCUT2D eigenvalue weighted by atomic mass is 16.6. The average Bonchev–Trinajstić information content (AvgIpc) is 2.70. The van der Waals surface area contributed by atoms with Gasteiger partial charge in [-0.25, -0.2) is 19.7 Å². The lowest BCUT2D eigenvalue weighted by Crippen LogP contribution is -2.07. The van der Waals surface area contributed by atoms with Crippen LogP contribution < -0.4 is 10.6 Å². The lowest BCUT2D eigenvalue weighted by molar-refractivity contribution is -0.383. The maximum atomic E-state index is 11.7. The van der Waals surface area contributed by atoms with Crippen LogP contribution in [0.1, 0.15) is 22.8 Å². The number of aryl methyl sites for hydroxylation is 1. The van der Waals surface area contributed by atoms with Crippen molar-refractivity contribution in [1.29, 1.82) is 0 Å². The van der Waals surface area contributed by atoms with Gasteiger partial charge in [-0.3, -0.25) is 10.1 Å². The summed E-state index contributed by atoms with van der Waals surface area (Å²) in [5.74, 6) is -0.0122. The summed E-state index contributed by atoms with van der Waals surface area (Å²) < 4.78 is 4.93. The monoisotopic (exact) mass is 394 g/mol. The zero-order chi connectivity index (χ0) is 20.8. The Labute approximate surface area is 166 Å². The second kappa shape index (κ2) is 8.74. The molecule has 0 spiro atoms. The largest absolute Gasteiger partial charge is 0.462 e. The number of anilines is 4. The molecular weight excluding hydrogens is 376 g/mol. The van der Waals surface area contributed by atoms with Crippen molar-refractivity contribution in [3.05, 3.63) is 70.2 Å². The van der Waals surface area contributed by atoms with Crippen LogP contribution in [0.2, 0.25) is 0 Å². The van der Waals surface area contributed by atoms with E-state index in [9.17, 15) is 14.9 Å². The third kappa shape index (κ3) is 4.80. The van der Waals surface area contributed by atoms with Crippen molar-refractivity contribution in [2.45, 2.75) is 13.8 Å². The second-order valence-corrected chi connectivity index (χ2v) is 5.95. The van der Waals surface area contributed by atoms with Gasteiger partial charge in [0.05, 0.1) is 17.1 Å². The standard InChI is InChI=1S/C19H18N6O4/c1-3-29-19(26)13-5-7-14(8-6-13)23-17-16(25(27)28)18(22-11-21-17)24-15-9-4-12(2)10-20-15/h4-11H,3H2,1-2H3,(H2,20,21,22,23,24). The van der Waals surface area contributed by atoms with Crippen LogP contribution >= 0.6 is 0 Å². The number of carbonyl (C=O) groups is 1. The van der Waals surface area contributed by atoms with E-state index in [1.165, 1.54) is 6.33 Å². The number of hydrogen-bond donors (Lipinski definition) is 2. The van der Waals surface area contributed by atoms with Gasteiger partial charge in [0.15, 0.2) is 0 Å². The maximum Gasteiger partial charge on any atom is 0.353 e. The number of nitrogens with zero attached hydrogens (tertiary/aromatic N) is 4. The van der Waals surface area contributed by atoms with E-state index in [4.69, 9.17) is 4.74 Å². The topological polar surface area (TPSA) is 132 Å².